The molecule has 2 aromatic rings. The lowest BCUT2D eigenvalue weighted by molar-refractivity contribution is 0.318. The van der Waals surface area contributed by atoms with Crippen LogP contribution in [-0.2, 0) is 19.3 Å². The van der Waals surface area contributed by atoms with Crippen LogP contribution in [0.1, 0.15) is 48.9 Å². The molecule has 0 nitrogen and oxygen atoms in total. The molecule has 0 fully saturated rings. The van der Waals surface area contributed by atoms with E-state index in [4.69, 9.17) is 0 Å². The van der Waals surface area contributed by atoms with Gasteiger partial charge in [0.05, 0.1) is 0 Å². The summed E-state index contributed by atoms with van der Waals surface area (Å²) in [6.45, 7) is 7.06. The Balaban J connectivity index is 2.06. The number of benzene rings is 2. The monoisotopic (exact) mass is 264 g/mol. The number of aryl methyl sites for hydroxylation is 2. The van der Waals surface area contributed by atoms with Gasteiger partial charge in [0.2, 0.25) is 0 Å². The maximum Gasteiger partial charge on any atom is -0.00728 e. The van der Waals surface area contributed by atoms with Crippen LogP contribution >= 0.6 is 0 Å². The molecule has 0 heterocycles. The molecule has 0 aromatic heterocycles. The molecule has 104 valence electrons. The zero-order valence-electron chi connectivity index (χ0n) is 12.8. The van der Waals surface area contributed by atoms with Crippen molar-refractivity contribution in [2.24, 2.45) is 5.41 Å². The summed E-state index contributed by atoms with van der Waals surface area (Å²) >= 11 is 0. The fourth-order valence-corrected chi connectivity index (χ4v) is 3.21. The van der Waals surface area contributed by atoms with Crippen molar-refractivity contribution in [2.75, 3.05) is 0 Å². The molecule has 1 unspecified atom stereocenters. The van der Waals surface area contributed by atoms with Gasteiger partial charge < -0.3 is 0 Å². The summed E-state index contributed by atoms with van der Waals surface area (Å²) in [4.78, 5) is 0. The second-order valence-electron chi connectivity index (χ2n) is 7.18. The van der Waals surface area contributed by atoms with Crippen LogP contribution in [0.4, 0.5) is 0 Å². The van der Waals surface area contributed by atoms with Crippen molar-refractivity contribution in [3.05, 3.63) is 70.8 Å². The van der Waals surface area contributed by atoms with Crippen molar-refractivity contribution < 1.29 is 0 Å². The van der Waals surface area contributed by atoms with Crippen molar-refractivity contribution >= 4 is 0 Å². The first-order valence-corrected chi connectivity index (χ1v) is 7.69. The lowest BCUT2D eigenvalue weighted by Gasteiger charge is -2.32. The van der Waals surface area contributed by atoms with Gasteiger partial charge in [-0.25, -0.2) is 0 Å². The predicted octanol–water partition coefficient (Wildman–Crippen LogP) is 5.16. The molecule has 4 aliphatic carbocycles. The summed E-state index contributed by atoms with van der Waals surface area (Å²) in [5.41, 5.74) is 6.12. The highest BCUT2D eigenvalue weighted by atomic mass is 14.3. The van der Waals surface area contributed by atoms with Gasteiger partial charge in [-0.1, -0.05) is 69.3 Å². The molecule has 0 heteroatoms. The maximum absolute atomic E-state index is 2.35. The van der Waals surface area contributed by atoms with Crippen LogP contribution in [0.15, 0.2) is 48.5 Å². The highest BCUT2D eigenvalue weighted by Gasteiger charge is 2.26. The van der Waals surface area contributed by atoms with Gasteiger partial charge in [-0.15, -0.1) is 0 Å². The molecular formula is C20H24. The van der Waals surface area contributed by atoms with Gasteiger partial charge in [0.25, 0.3) is 0 Å². The van der Waals surface area contributed by atoms with Crippen molar-refractivity contribution in [3.63, 3.8) is 0 Å². The lowest BCUT2D eigenvalue weighted by Crippen LogP contribution is -2.21. The highest BCUT2D eigenvalue weighted by molar-refractivity contribution is 5.32. The number of hydrogen-bond donors (Lipinski definition) is 0. The Morgan fingerprint density at radius 3 is 1.65 bits per heavy atom. The van der Waals surface area contributed by atoms with E-state index in [9.17, 15) is 0 Å². The first kappa shape index (κ1) is 13.4. The first-order chi connectivity index (χ1) is 9.52. The van der Waals surface area contributed by atoms with Crippen LogP contribution in [-0.4, -0.2) is 0 Å². The number of hydrogen-bond acceptors (Lipinski definition) is 0. The van der Waals surface area contributed by atoms with Crippen molar-refractivity contribution in [3.8, 4) is 0 Å². The Morgan fingerprint density at radius 2 is 1.15 bits per heavy atom. The Kier molecular flexibility index (Phi) is 3.41. The van der Waals surface area contributed by atoms with E-state index in [2.05, 4.69) is 69.3 Å². The van der Waals surface area contributed by atoms with E-state index in [0.29, 0.717) is 5.92 Å². The molecule has 20 heavy (non-hydrogen) atoms. The molecule has 1 atom stereocenters. The topological polar surface area (TPSA) is 0 Å². The van der Waals surface area contributed by atoms with Crippen LogP contribution in [0.25, 0.3) is 0 Å². The average molecular weight is 264 g/mol. The van der Waals surface area contributed by atoms with E-state index in [1.165, 1.54) is 22.3 Å². The Labute approximate surface area is 122 Å². The second-order valence-corrected chi connectivity index (χ2v) is 7.18. The van der Waals surface area contributed by atoms with Crippen molar-refractivity contribution in [1.82, 2.24) is 0 Å². The van der Waals surface area contributed by atoms with Gasteiger partial charge in [0, 0.05) is 0 Å². The van der Waals surface area contributed by atoms with E-state index < -0.39 is 0 Å². The lowest BCUT2D eigenvalue weighted by atomic mass is 9.73. The van der Waals surface area contributed by atoms with Gasteiger partial charge in [-0.3, -0.25) is 0 Å². The SMILES string of the molecule is CC(C)(C)C1Cc2ccc(cc2)CCc2ccc1cc2. The van der Waals surface area contributed by atoms with Gasteiger partial charge in [-0.05, 0) is 52.8 Å². The van der Waals surface area contributed by atoms with E-state index in [1.54, 1.807) is 0 Å². The van der Waals surface area contributed by atoms with Gasteiger partial charge in [0.15, 0.2) is 0 Å². The molecule has 2 aromatic carbocycles. The van der Waals surface area contributed by atoms with E-state index in [-0.39, 0.29) is 5.41 Å². The Bertz CT molecular complexity index is 567. The third-order valence-corrected chi connectivity index (χ3v) is 4.59. The average Bonchev–Trinajstić information content (AvgIpc) is 2.41. The molecule has 0 aliphatic heterocycles. The zero-order valence-corrected chi connectivity index (χ0v) is 12.8. The largest absolute Gasteiger partial charge is 0.0596 e. The second kappa shape index (κ2) is 5.09. The number of rotatable bonds is 0. The molecule has 0 saturated carbocycles. The zero-order chi connectivity index (χ0) is 14.2. The minimum atomic E-state index is 0.282. The molecule has 0 spiro atoms. The van der Waals surface area contributed by atoms with E-state index in [1.807, 2.05) is 0 Å². The smallest absolute Gasteiger partial charge is 0.00728 e. The molecule has 0 N–H and O–H groups in total. The van der Waals surface area contributed by atoms with Gasteiger partial charge in [0.1, 0.15) is 0 Å². The van der Waals surface area contributed by atoms with Crippen LogP contribution in [0, 0.1) is 5.41 Å². The summed E-state index contributed by atoms with van der Waals surface area (Å²) in [6, 6.07) is 18.6. The molecule has 0 saturated heterocycles. The van der Waals surface area contributed by atoms with Crippen LogP contribution < -0.4 is 0 Å². The van der Waals surface area contributed by atoms with Crippen molar-refractivity contribution in [2.45, 2.75) is 46.0 Å². The molecule has 4 bridgehead atoms. The Morgan fingerprint density at radius 1 is 0.700 bits per heavy atom. The molecule has 0 radical (unpaired) electrons. The minimum absolute atomic E-state index is 0.282. The third kappa shape index (κ3) is 2.80. The summed E-state index contributed by atoms with van der Waals surface area (Å²) in [7, 11) is 0. The fraction of sp³-hybridized carbons (Fsp3) is 0.400. The summed E-state index contributed by atoms with van der Waals surface area (Å²) in [5, 5.41) is 0. The van der Waals surface area contributed by atoms with Gasteiger partial charge >= 0.3 is 0 Å². The summed E-state index contributed by atoms with van der Waals surface area (Å²) in [5.74, 6) is 0.571. The fourth-order valence-electron chi connectivity index (χ4n) is 3.21. The minimum Gasteiger partial charge on any atom is -0.0596 e. The summed E-state index contributed by atoms with van der Waals surface area (Å²) < 4.78 is 0. The summed E-state index contributed by atoms with van der Waals surface area (Å²) in [6.07, 6.45) is 3.41. The highest BCUT2D eigenvalue weighted by Crippen LogP contribution is 2.38. The third-order valence-electron chi connectivity index (χ3n) is 4.59. The first-order valence-electron chi connectivity index (χ1n) is 7.69. The standard InChI is InChI=1S/C20H24/c1-20(2,3)19-14-17-8-6-15(7-9-17)4-5-16-10-12-18(19)13-11-16/h6-13,19H,4-5,14H2,1-3H3. The maximum atomic E-state index is 2.35. The normalized spacial score (nSPS) is 18.6. The van der Waals surface area contributed by atoms with Crippen molar-refractivity contribution in [1.29, 1.82) is 0 Å². The van der Waals surface area contributed by atoms with E-state index >= 15 is 0 Å². The van der Waals surface area contributed by atoms with Gasteiger partial charge in [-0.2, -0.15) is 0 Å². The molecular weight excluding hydrogens is 240 g/mol. The molecule has 0 amide bonds. The van der Waals surface area contributed by atoms with E-state index in [0.717, 1.165) is 19.3 Å². The van der Waals surface area contributed by atoms with Crippen LogP contribution in [0.3, 0.4) is 0 Å². The molecule has 4 aliphatic rings. The molecule has 6 rings (SSSR count). The predicted molar refractivity (Wildman–Crippen MR) is 86.2 cm³/mol. The quantitative estimate of drug-likeness (QED) is 0.616. The Hall–Kier alpha value is -1.56. The van der Waals surface area contributed by atoms with Crippen LogP contribution in [0.2, 0.25) is 0 Å². The van der Waals surface area contributed by atoms with Crippen LogP contribution in [0.5, 0.6) is 0 Å².